The average Bonchev–Trinajstić information content (AvgIpc) is 2.51. The van der Waals surface area contributed by atoms with Gasteiger partial charge < -0.3 is 5.32 Å². The van der Waals surface area contributed by atoms with Crippen molar-refractivity contribution in [3.63, 3.8) is 0 Å². The predicted molar refractivity (Wildman–Crippen MR) is 91.5 cm³/mol. The van der Waals surface area contributed by atoms with Crippen LogP contribution in [0.1, 0.15) is 5.56 Å². The van der Waals surface area contributed by atoms with Crippen molar-refractivity contribution in [3.8, 4) is 0 Å². The van der Waals surface area contributed by atoms with E-state index >= 15 is 0 Å². The first-order chi connectivity index (χ1) is 11.0. The Morgan fingerprint density at radius 2 is 2.09 bits per heavy atom. The Hall–Kier alpha value is -2.58. The van der Waals surface area contributed by atoms with Crippen LogP contribution in [0.5, 0.6) is 0 Å². The predicted octanol–water partition coefficient (Wildman–Crippen LogP) is 3.71. The van der Waals surface area contributed by atoms with E-state index in [4.69, 9.17) is 23.8 Å². The molecular formula is C14H10ClFN4O2S. The molecule has 0 spiro atoms. The van der Waals surface area contributed by atoms with E-state index in [1.807, 2.05) is 0 Å². The highest BCUT2D eigenvalue weighted by molar-refractivity contribution is 7.80. The third-order valence-corrected chi connectivity index (χ3v) is 3.18. The van der Waals surface area contributed by atoms with E-state index in [0.29, 0.717) is 5.56 Å². The van der Waals surface area contributed by atoms with Crippen molar-refractivity contribution in [2.75, 3.05) is 5.32 Å². The number of para-hydroxylation sites is 1. The van der Waals surface area contributed by atoms with Crippen molar-refractivity contribution in [3.05, 3.63) is 69.0 Å². The highest BCUT2D eigenvalue weighted by Crippen LogP contribution is 2.24. The molecule has 6 nitrogen and oxygen atoms in total. The minimum absolute atomic E-state index is 0.0387. The molecule has 2 N–H and O–H groups in total. The first kappa shape index (κ1) is 16.8. The first-order valence-electron chi connectivity index (χ1n) is 6.26. The molecule has 118 valence electrons. The van der Waals surface area contributed by atoms with Crippen molar-refractivity contribution in [1.29, 1.82) is 0 Å². The lowest BCUT2D eigenvalue weighted by atomic mass is 10.2. The van der Waals surface area contributed by atoms with Crippen LogP contribution in [0, 0.1) is 15.9 Å². The van der Waals surface area contributed by atoms with Gasteiger partial charge in [0.15, 0.2) is 5.11 Å². The summed E-state index contributed by atoms with van der Waals surface area (Å²) in [5.41, 5.74) is 2.94. The molecule has 9 heteroatoms. The van der Waals surface area contributed by atoms with E-state index in [-0.39, 0.29) is 21.5 Å². The van der Waals surface area contributed by atoms with Gasteiger partial charge in [0.05, 0.1) is 16.8 Å². The van der Waals surface area contributed by atoms with E-state index in [0.717, 1.165) is 0 Å². The zero-order valence-corrected chi connectivity index (χ0v) is 13.1. The number of benzene rings is 2. The van der Waals surface area contributed by atoms with Gasteiger partial charge in [0.1, 0.15) is 10.8 Å². The summed E-state index contributed by atoms with van der Waals surface area (Å²) in [5, 5.41) is 17.4. The summed E-state index contributed by atoms with van der Waals surface area (Å²) in [6.07, 6.45) is 1.33. The number of hydrogen-bond donors (Lipinski definition) is 2. The van der Waals surface area contributed by atoms with E-state index in [9.17, 15) is 14.5 Å². The van der Waals surface area contributed by atoms with Gasteiger partial charge in [0.25, 0.3) is 5.69 Å². The number of nitro benzene ring substituents is 1. The number of nitrogens with zero attached hydrogens (tertiary/aromatic N) is 2. The van der Waals surface area contributed by atoms with Crippen molar-refractivity contribution < 1.29 is 9.31 Å². The number of nitrogens with one attached hydrogen (secondary N) is 2. The minimum atomic E-state index is -0.586. The minimum Gasteiger partial charge on any atom is -0.329 e. The van der Waals surface area contributed by atoms with Gasteiger partial charge in [-0.1, -0.05) is 29.8 Å². The van der Waals surface area contributed by atoms with Gasteiger partial charge in [-0.3, -0.25) is 15.5 Å². The van der Waals surface area contributed by atoms with Crippen molar-refractivity contribution in [1.82, 2.24) is 5.43 Å². The van der Waals surface area contributed by atoms with Gasteiger partial charge in [-0.2, -0.15) is 5.10 Å². The van der Waals surface area contributed by atoms with Crippen LogP contribution in [0.2, 0.25) is 5.02 Å². The maximum atomic E-state index is 13.4. The first-order valence-corrected chi connectivity index (χ1v) is 7.04. The van der Waals surface area contributed by atoms with Gasteiger partial charge in [0.2, 0.25) is 0 Å². The van der Waals surface area contributed by atoms with Crippen LogP contribution in [0.25, 0.3) is 0 Å². The van der Waals surface area contributed by atoms with Gasteiger partial charge in [-0.05, 0) is 30.4 Å². The molecule has 2 aromatic carbocycles. The quantitative estimate of drug-likeness (QED) is 0.379. The molecule has 0 aliphatic carbocycles. The molecule has 0 bridgehead atoms. The van der Waals surface area contributed by atoms with Crippen LogP contribution in [0.4, 0.5) is 15.8 Å². The third-order valence-electron chi connectivity index (χ3n) is 2.67. The Balaban J connectivity index is 1.99. The number of hydrazone groups is 1. The molecule has 0 radical (unpaired) electrons. The summed E-state index contributed by atoms with van der Waals surface area (Å²) in [5.74, 6) is -0.450. The molecule has 0 saturated carbocycles. The Kier molecular flexibility index (Phi) is 5.56. The Labute approximate surface area is 141 Å². The lowest BCUT2D eigenvalue weighted by molar-refractivity contribution is -0.384. The number of rotatable bonds is 4. The number of thiocarbonyl (C=S) groups is 1. The van der Waals surface area contributed by atoms with Gasteiger partial charge in [-0.15, -0.1) is 0 Å². The second-order valence-electron chi connectivity index (χ2n) is 4.27. The van der Waals surface area contributed by atoms with E-state index in [1.54, 1.807) is 18.2 Å². The number of nitro groups is 1. The molecule has 23 heavy (non-hydrogen) atoms. The zero-order valence-electron chi connectivity index (χ0n) is 11.5. The molecular weight excluding hydrogens is 343 g/mol. The molecule has 0 fully saturated rings. The summed E-state index contributed by atoms with van der Waals surface area (Å²) in [6.45, 7) is 0. The molecule has 0 aliphatic rings. The Morgan fingerprint density at radius 3 is 2.78 bits per heavy atom. The van der Waals surface area contributed by atoms with E-state index in [2.05, 4.69) is 15.8 Å². The zero-order chi connectivity index (χ0) is 16.8. The molecule has 0 saturated heterocycles. The van der Waals surface area contributed by atoms with Crippen molar-refractivity contribution >= 4 is 46.5 Å². The van der Waals surface area contributed by atoms with Crippen LogP contribution in [0.3, 0.4) is 0 Å². The largest absolute Gasteiger partial charge is 0.329 e. The van der Waals surface area contributed by atoms with Gasteiger partial charge >= 0.3 is 0 Å². The van der Waals surface area contributed by atoms with Crippen molar-refractivity contribution in [2.24, 2.45) is 5.10 Å². The normalized spacial score (nSPS) is 10.5. The maximum absolute atomic E-state index is 13.4. The SMILES string of the molecule is O=[N+]([O-])c1cc(/C=N\NC(=S)Nc2ccccc2F)ccc1Cl. The molecule has 0 amide bonds. The molecule has 0 aliphatic heterocycles. The van der Waals surface area contributed by atoms with Crippen LogP contribution in [-0.4, -0.2) is 16.3 Å². The van der Waals surface area contributed by atoms with Crippen LogP contribution >= 0.6 is 23.8 Å². The fraction of sp³-hybridized carbons (Fsp3) is 0. The van der Waals surface area contributed by atoms with Crippen LogP contribution in [0.15, 0.2) is 47.6 Å². The van der Waals surface area contributed by atoms with E-state index < -0.39 is 10.7 Å². The standard InChI is InChI=1S/C14H10ClFN4O2S/c15-10-6-5-9(7-13(10)20(21)22)8-17-19-14(23)18-12-4-2-1-3-11(12)16/h1-8H,(H2,18,19,23)/b17-8-. The Bertz CT molecular complexity index is 785. The van der Waals surface area contributed by atoms with Crippen LogP contribution < -0.4 is 10.7 Å². The average molecular weight is 353 g/mol. The van der Waals surface area contributed by atoms with Gasteiger partial charge in [-0.25, -0.2) is 4.39 Å². The topological polar surface area (TPSA) is 79.6 Å². The molecule has 0 unspecified atom stereocenters. The molecule has 0 atom stereocenters. The second kappa shape index (κ2) is 7.61. The summed E-state index contributed by atoms with van der Waals surface area (Å²) in [6, 6.07) is 10.3. The number of hydrogen-bond acceptors (Lipinski definition) is 4. The lowest BCUT2D eigenvalue weighted by Gasteiger charge is -2.07. The van der Waals surface area contributed by atoms with E-state index in [1.165, 1.54) is 30.5 Å². The lowest BCUT2D eigenvalue weighted by Crippen LogP contribution is -2.24. The second-order valence-corrected chi connectivity index (χ2v) is 5.09. The molecule has 2 rings (SSSR count). The number of halogens is 2. The molecule has 0 heterocycles. The summed E-state index contributed by atoms with van der Waals surface area (Å²) >= 11 is 10.7. The highest BCUT2D eigenvalue weighted by atomic mass is 35.5. The fourth-order valence-electron chi connectivity index (χ4n) is 1.63. The van der Waals surface area contributed by atoms with Crippen molar-refractivity contribution in [2.45, 2.75) is 0 Å². The fourth-order valence-corrected chi connectivity index (χ4v) is 1.98. The monoisotopic (exact) mass is 352 g/mol. The molecule has 0 aromatic heterocycles. The summed E-state index contributed by atoms with van der Waals surface area (Å²) < 4.78 is 13.4. The summed E-state index contributed by atoms with van der Waals surface area (Å²) in [7, 11) is 0. The highest BCUT2D eigenvalue weighted by Gasteiger charge is 2.11. The molecule has 2 aromatic rings. The maximum Gasteiger partial charge on any atom is 0.288 e. The van der Waals surface area contributed by atoms with Gasteiger partial charge in [0, 0.05) is 11.6 Å². The summed E-state index contributed by atoms with van der Waals surface area (Å²) in [4.78, 5) is 10.2. The smallest absolute Gasteiger partial charge is 0.288 e. The Morgan fingerprint density at radius 1 is 1.35 bits per heavy atom. The third kappa shape index (κ3) is 4.70. The number of anilines is 1. The van der Waals surface area contributed by atoms with Crippen LogP contribution in [-0.2, 0) is 0 Å².